The highest BCUT2D eigenvalue weighted by molar-refractivity contribution is 7.80. The Balaban J connectivity index is 1.05. The molecule has 4 aromatic rings. The summed E-state index contributed by atoms with van der Waals surface area (Å²) in [5.41, 5.74) is 3.48. The Kier molecular flexibility index (Phi) is 5.10. The summed E-state index contributed by atoms with van der Waals surface area (Å²) >= 11 is 5.49. The number of aromatic nitrogens is 3. The molecule has 36 heavy (non-hydrogen) atoms. The Hall–Kier alpha value is -3.32. The number of amides is 1. The van der Waals surface area contributed by atoms with Gasteiger partial charge in [0.15, 0.2) is 5.11 Å². The van der Waals surface area contributed by atoms with E-state index in [9.17, 15) is 4.79 Å². The van der Waals surface area contributed by atoms with Crippen LogP contribution in [-0.4, -0.2) is 26.0 Å². The largest absolute Gasteiger partial charge is 0.332 e. The minimum absolute atomic E-state index is 0.0393. The van der Waals surface area contributed by atoms with Crippen molar-refractivity contribution in [1.82, 2.24) is 20.3 Å². The number of hydrogen-bond donors (Lipinski definition) is 2. The molecule has 6 nitrogen and oxygen atoms in total. The maximum atomic E-state index is 12.9. The van der Waals surface area contributed by atoms with Crippen LogP contribution in [0, 0.1) is 23.2 Å². The third-order valence-electron chi connectivity index (χ3n) is 8.57. The molecular formula is C29H29N5OS. The van der Waals surface area contributed by atoms with E-state index in [1.165, 1.54) is 38.5 Å². The van der Waals surface area contributed by atoms with Crippen molar-refractivity contribution in [2.75, 3.05) is 5.32 Å². The lowest BCUT2D eigenvalue weighted by Crippen LogP contribution is -2.48. The van der Waals surface area contributed by atoms with Gasteiger partial charge < -0.3 is 10.6 Å². The molecule has 0 spiro atoms. The molecule has 182 valence electrons. The molecule has 4 fully saturated rings. The van der Waals surface area contributed by atoms with Crippen LogP contribution in [0.2, 0.25) is 0 Å². The van der Waals surface area contributed by atoms with Crippen LogP contribution >= 0.6 is 12.2 Å². The highest BCUT2D eigenvalue weighted by Gasteiger charge is 2.51. The van der Waals surface area contributed by atoms with Crippen LogP contribution in [0.4, 0.5) is 5.69 Å². The summed E-state index contributed by atoms with van der Waals surface area (Å²) in [4.78, 5) is 14.6. The van der Waals surface area contributed by atoms with Crippen molar-refractivity contribution in [3.8, 4) is 5.69 Å². The van der Waals surface area contributed by atoms with Gasteiger partial charge in [0.1, 0.15) is 11.0 Å². The van der Waals surface area contributed by atoms with E-state index >= 15 is 0 Å². The number of carbonyl (C=O) groups is 1. The van der Waals surface area contributed by atoms with E-state index < -0.39 is 0 Å². The van der Waals surface area contributed by atoms with Crippen molar-refractivity contribution in [2.24, 2.45) is 23.2 Å². The van der Waals surface area contributed by atoms with E-state index in [0.29, 0.717) is 11.5 Å². The lowest BCUT2D eigenvalue weighted by atomic mass is 9.49. The molecule has 0 unspecified atom stereocenters. The maximum absolute atomic E-state index is 12.9. The monoisotopic (exact) mass is 495 g/mol. The van der Waals surface area contributed by atoms with Gasteiger partial charge in [0.05, 0.1) is 5.69 Å². The zero-order valence-electron chi connectivity index (χ0n) is 20.1. The first-order valence-electron chi connectivity index (χ1n) is 13.0. The molecule has 7 heteroatoms. The minimum atomic E-state index is 0.0393. The van der Waals surface area contributed by atoms with Gasteiger partial charge in [0, 0.05) is 17.5 Å². The predicted molar refractivity (Wildman–Crippen MR) is 146 cm³/mol. The number of thiocarbonyl (C=S) groups is 1. The molecule has 4 saturated carbocycles. The Morgan fingerprint density at radius 1 is 0.917 bits per heavy atom. The fourth-order valence-corrected chi connectivity index (χ4v) is 7.89. The van der Waals surface area contributed by atoms with Crippen molar-refractivity contribution in [1.29, 1.82) is 0 Å². The Labute approximate surface area is 215 Å². The molecule has 1 heterocycles. The number of hydrogen-bond acceptors (Lipinski definition) is 4. The molecule has 4 bridgehead atoms. The Morgan fingerprint density at radius 3 is 2.39 bits per heavy atom. The molecule has 3 aromatic carbocycles. The van der Waals surface area contributed by atoms with Crippen LogP contribution in [0.3, 0.4) is 0 Å². The number of rotatable bonds is 4. The summed E-state index contributed by atoms with van der Waals surface area (Å²) in [5.74, 6) is 2.55. The van der Waals surface area contributed by atoms with Gasteiger partial charge in [-0.05, 0) is 104 Å². The molecule has 8 rings (SSSR count). The summed E-state index contributed by atoms with van der Waals surface area (Å²) in [6, 6.07) is 20.1. The molecule has 0 atom stereocenters. The van der Waals surface area contributed by atoms with Crippen LogP contribution in [0.1, 0.15) is 44.9 Å². The van der Waals surface area contributed by atoms with Gasteiger partial charge in [-0.2, -0.15) is 0 Å². The summed E-state index contributed by atoms with van der Waals surface area (Å²) in [5, 5.41) is 18.1. The number of nitrogens with zero attached hydrogens (tertiary/aromatic N) is 3. The van der Waals surface area contributed by atoms with Gasteiger partial charge in [0.2, 0.25) is 5.91 Å². The lowest BCUT2D eigenvalue weighted by Gasteiger charge is -2.56. The quantitative estimate of drug-likeness (QED) is 0.340. The zero-order valence-corrected chi connectivity index (χ0v) is 20.9. The molecule has 2 N–H and O–H groups in total. The van der Waals surface area contributed by atoms with Gasteiger partial charge in [-0.3, -0.25) is 4.79 Å². The molecule has 4 aliphatic rings. The average molecular weight is 496 g/mol. The molecule has 4 aliphatic carbocycles. The average Bonchev–Trinajstić information content (AvgIpc) is 3.25. The normalized spacial score (nSPS) is 26.4. The van der Waals surface area contributed by atoms with Gasteiger partial charge >= 0.3 is 0 Å². The van der Waals surface area contributed by atoms with E-state index in [4.69, 9.17) is 17.3 Å². The summed E-state index contributed by atoms with van der Waals surface area (Å²) < 4.78 is 0. The lowest BCUT2D eigenvalue weighted by molar-refractivity contribution is -0.127. The van der Waals surface area contributed by atoms with Crippen molar-refractivity contribution in [3.05, 3.63) is 60.7 Å². The van der Waals surface area contributed by atoms with Crippen molar-refractivity contribution < 1.29 is 4.79 Å². The second kappa shape index (κ2) is 8.37. The van der Waals surface area contributed by atoms with E-state index in [1.807, 2.05) is 42.5 Å². The molecule has 0 saturated heterocycles. The molecule has 1 amide bonds. The van der Waals surface area contributed by atoms with Gasteiger partial charge in [-0.15, -0.1) is 15.0 Å². The smallest absolute Gasteiger partial charge is 0.226 e. The second-order valence-corrected chi connectivity index (χ2v) is 11.7. The van der Waals surface area contributed by atoms with Gasteiger partial charge in [0.25, 0.3) is 0 Å². The van der Waals surface area contributed by atoms with Crippen molar-refractivity contribution >= 4 is 50.7 Å². The van der Waals surface area contributed by atoms with Crippen molar-refractivity contribution in [3.63, 3.8) is 0 Å². The number of nitrogens with one attached hydrogen (secondary N) is 2. The summed E-state index contributed by atoms with van der Waals surface area (Å²) in [6.45, 7) is 0. The number of benzene rings is 3. The number of fused-ring (bicyclic) bond motifs is 2. The second-order valence-electron chi connectivity index (χ2n) is 11.3. The SMILES string of the molecule is O=C(CC12CC3CC(CC(C3)C1)C2)NC(=S)Nc1ccc2nn(-c3cccc4ccccc34)nc2c1. The summed E-state index contributed by atoms with van der Waals surface area (Å²) in [6.07, 6.45) is 8.40. The summed E-state index contributed by atoms with van der Waals surface area (Å²) in [7, 11) is 0. The number of carbonyl (C=O) groups excluding carboxylic acids is 1. The fourth-order valence-electron chi connectivity index (χ4n) is 7.66. The first kappa shape index (κ1) is 21.9. The standard InChI is InChI=1S/C29H29N5OS/c35-27(17-29-14-18-10-19(15-29)12-20(11-18)16-29)31-28(36)30-22-8-9-24-25(13-22)33-34(32-24)26-7-3-5-21-4-1-2-6-23(21)26/h1-9,13,18-20H,10-12,14-17H2,(H2,30,31,35,36). The topological polar surface area (TPSA) is 71.8 Å². The Bertz CT molecular complexity index is 1470. The first-order valence-corrected chi connectivity index (χ1v) is 13.4. The maximum Gasteiger partial charge on any atom is 0.226 e. The van der Waals surface area contributed by atoms with E-state index in [-0.39, 0.29) is 11.3 Å². The molecule has 0 aliphatic heterocycles. The Morgan fingerprint density at radius 2 is 1.61 bits per heavy atom. The van der Waals surface area contributed by atoms with Crippen LogP contribution in [0.25, 0.3) is 27.5 Å². The fraction of sp³-hybridized carbons (Fsp3) is 0.379. The highest BCUT2D eigenvalue weighted by Crippen LogP contribution is 2.61. The van der Waals surface area contributed by atoms with Crippen LogP contribution < -0.4 is 10.6 Å². The van der Waals surface area contributed by atoms with E-state index in [2.05, 4.69) is 33.9 Å². The van der Waals surface area contributed by atoms with Gasteiger partial charge in [-0.25, -0.2) is 0 Å². The minimum Gasteiger partial charge on any atom is -0.332 e. The van der Waals surface area contributed by atoms with Crippen LogP contribution in [-0.2, 0) is 4.79 Å². The first-order chi connectivity index (χ1) is 17.5. The van der Waals surface area contributed by atoms with E-state index in [0.717, 1.165) is 50.9 Å². The third-order valence-corrected chi connectivity index (χ3v) is 8.78. The highest BCUT2D eigenvalue weighted by atomic mass is 32.1. The van der Waals surface area contributed by atoms with Crippen LogP contribution in [0.15, 0.2) is 60.7 Å². The van der Waals surface area contributed by atoms with Crippen LogP contribution in [0.5, 0.6) is 0 Å². The molecular weight excluding hydrogens is 466 g/mol. The predicted octanol–water partition coefficient (Wildman–Crippen LogP) is 5.99. The zero-order chi connectivity index (χ0) is 24.3. The van der Waals surface area contributed by atoms with Gasteiger partial charge in [-0.1, -0.05) is 36.4 Å². The molecule has 0 radical (unpaired) electrons. The number of anilines is 1. The molecule has 1 aromatic heterocycles. The van der Waals surface area contributed by atoms with E-state index in [1.54, 1.807) is 4.80 Å². The van der Waals surface area contributed by atoms with Crippen molar-refractivity contribution in [2.45, 2.75) is 44.9 Å². The third kappa shape index (κ3) is 3.95.